The van der Waals surface area contributed by atoms with Crippen LogP contribution in [0.3, 0.4) is 0 Å². The maximum Gasteiger partial charge on any atom is 0.318 e. The van der Waals surface area contributed by atoms with Crippen molar-refractivity contribution in [2.24, 2.45) is 0 Å². The predicted octanol–water partition coefficient (Wildman–Crippen LogP) is 4.25. The number of rotatable bonds is 4. The summed E-state index contributed by atoms with van der Waals surface area (Å²) >= 11 is 23.6. The second-order valence-electron chi connectivity index (χ2n) is 4.81. The number of nitro groups is 2. The molecular weight excluding hydrogens is 394 g/mol. The normalized spacial score (nSPS) is 30.6. The lowest BCUT2D eigenvalue weighted by Gasteiger charge is -2.23. The molecule has 7 nitrogen and oxygen atoms in total. The van der Waals surface area contributed by atoms with Crippen LogP contribution in [0.15, 0.2) is 45.9 Å². The molecule has 2 aliphatic carbocycles. The molecule has 0 aromatic heterocycles. The Morgan fingerprint density at radius 1 is 0.913 bits per heavy atom. The van der Waals surface area contributed by atoms with E-state index in [0.29, 0.717) is 0 Å². The summed E-state index contributed by atoms with van der Waals surface area (Å²) in [7, 11) is 0. The van der Waals surface area contributed by atoms with Crippen LogP contribution in [-0.4, -0.2) is 19.8 Å². The molecular formula is C12H8Cl4N2O5. The van der Waals surface area contributed by atoms with Crippen LogP contribution >= 0.6 is 46.4 Å². The van der Waals surface area contributed by atoms with Crippen LogP contribution in [0.2, 0.25) is 0 Å². The molecule has 0 bridgehead atoms. The lowest BCUT2D eigenvalue weighted by molar-refractivity contribution is -0.527. The molecule has 2 aliphatic rings. The average Bonchev–Trinajstić information content (AvgIpc) is 2.44. The highest BCUT2D eigenvalue weighted by atomic mass is 35.5. The quantitative estimate of drug-likeness (QED) is 0.303. The van der Waals surface area contributed by atoms with E-state index in [-0.39, 0.29) is 34.4 Å². The van der Waals surface area contributed by atoms with E-state index >= 15 is 0 Å². The first kappa shape index (κ1) is 18.1. The molecule has 0 aromatic rings. The number of nitrogens with zero attached hydrogens (tertiary/aromatic N) is 2. The molecule has 0 heterocycles. The van der Waals surface area contributed by atoms with Crippen molar-refractivity contribution >= 4 is 46.4 Å². The zero-order valence-electron chi connectivity index (χ0n) is 11.2. The summed E-state index contributed by atoms with van der Waals surface area (Å²) in [6.45, 7) is 0. The van der Waals surface area contributed by atoms with Gasteiger partial charge in [-0.1, -0.05) is 23.2 Å². The molecule has 0 saturated carbocycles. The van der Waals surface area contributed by atoms with Gasteiger partial charge in [-0.05, 0) is 35.4 Å². The third-order valence-corrected chi connectivity index (χ3v) is 4.58. The minimum Gasteiger partial charge on any atom is -0.455 e. The van der Waals surface area contributed by atoms with Crippen molar-refractivity contribution in [2.75, 3.05) is 0 Å². The van der Waals surface area contributed by atoms with E-state index in [1.54, 1.807) is 0 Å². The molecule has 0 N–H and O–H groups in total. The van der Waals surface area contributed by atoms with Crippen molar-refractivity contribution in [1.29, 1.82) is 0 Å². The van der Waals surface area contributed by atoms with Crippen molar-refractivity contribution in [3.63, 3.8) is 0 Å². The highest BCUT2D eigenvalue weighted by molar-refractivity contribution is 6.33. The number of hydrogen-bond donors (Lipinski definition) is 0. The first-order valence-electron chi connectivity index (χ1n) is 6.08. The summed E-state index contributed by atoms with van der Waals surface area (Å²) in [4.78, 5) is 16.8. The fourth-order valence-electron chi connectivity index (χ4n) is 1.86. The average molecular weight is 402 g/mol. The maximum absolute atomic E-state index is 10.9. The third-order valence-electron chi connectivity index (χ3n) is 3.15. The van der Waals surface area contributed by atoms with E-state index < -0.39 is 19.8 Å². The summed E-state index contributed by atoms with van der Waals surface area (Å²) in [6, 6.07) is 0. The van der Waals surface area contributed by atoms with Crippen LogP contribution in [0.1, 0.15) is 12.8 Å². The molecule has 23 heavy (non-hydrogen) atoms. The fraction of sp³-hybridized carbons (Fsp3) is 0.333. The van der Waals surface area contributed by atoms with Crippen molar-refractivity contribution in [3.8, 4) is 0 Å². The lowest BCUT2D eigenvalue weighted by atomic mass is 10.1. The second kappa shape index (κ2) is 6.32. The first-order chi connectivity index (χ1) is 10.6. The van der Waals surface area contributed by atoms with Crippen LogP contribution < -0.4 is 0 Å². The van der Waals surface area contributed by atoms with Gasteiger partial charge in [-0.15, -0.1) is 0 Å². The first-order valence-corrected chi connectivity index (χ1v) is 7.59. The number of allylic oxidation sites excluding steroid dienone is 2. The Labute approximate surface area is 150 Å². The van der Waals surface area contributed by atoms with Gasteiger partial charge in [-0.25, -0.2) is 0 Å². The third kappa shape index (κ3) is 3.63. The Kier molecular flexibility index (Phi) is 4.96. The molecule has 0 saturated heterocycles. The highest BCUT2D eigenvalue weighted by Crippen LogP contribution is 2.39. The minimum absolute atomic E-state index is 0.0292. The Morgan fingerprint density at radius 3 is 1.52 bits per heavy atom. The smallest absolute Gasteiger partial charge is 0.318 e. The summed E-state index contributed by atoms with van der Waals surface area (Å²) in [6.07, 6.45) is 4.25. The standard InChI is InChI=1S/C12H8Cl4N2O5/c13-7-5-11(15,17(19)20)3-1-9(7)23-10-2-4-12(16,18(21)22)6-8(10)14/h1-4H,5-6H2. The molecule has 0 spiro atoms. The minimum atomic E-state index is -1.83. The van der Waals surface area contributed by atoms with E-state index in [1.165, 1.54) is 12.2 Å². The molecule has 11 heteroatoms. The highest BCUT2D eigenvalue weighted by Gasteiger charge is 2.43. The van der Waals surface area contributed by atoms with Crippen LogP contribution in [-0.2, 0) is 4.74 Å². The molecule has 2 unspecified atom stereocenters. The molecule has 0 aliphatic heterocycles. The lowest BCUT2D eigenvalue weighted by Crippen LogP contribution is -2.32. The van der Waals surface area contributed by atoms with E-state index in [9.17, 15) is 20.2 Å². The van der Waals surface area contributed by atoms with Crippen molar-refractivity contribution in [2.45, 2.75) is 22.8 Å². The van der Waals surface area contributed by atoms with Gasteiger partial charge < -0.3 is 4.74 Å². The molecule has 0 radical (unpaired) electrons. The number of hydrogen-bond acceptors (Lipinski definition) is 5. The molecule has 0 amide bonds. The van der Waals surface area contributed by atoms with Gasteiger partial charge in [0.1, 0.15) is 11.5 Å². The number of ether oxygens (including phenoxy) is 1. The Morgan fingerprint density at radius 2 is 1.26 bits per heavy atom. The molecule has 0 fully saturated rings. The van der Waals surface area contributed by atoms with E-state index in [4.69, 9.17) is 51.1 Å². The largest absolute Gasteiger partial charge is 0.455 e. The summed E-state index contributed by atoms with van der Waals surface area (Å²) in [5.74, 6) is 0.233. The van der Waals surface area contributed by atoms with Gasteiger partial charge in [-0.2, -0.15) is 0 Å². The van der Waals surface area contributed by atoms with E-state index in [1.807, 2.05) is 0 Å². The SMILES string of the molecule is O=[N+]([O-])C1(Cl)C=CC(OC2=C(Cl)CC(Cl)([N+](=O)[O-])C=C2)=C(Cl)C1. The predicted molar refractivity (Wildman–Crippen MR) is 85.5 cm³/mol. The van der Waals surface area contributed by atoms with Gasteiger partial charge in [0.2, 0.25) is 0 Å². The number of halogens is 4. The zero-order valence-corrected chi connectivity index (χ0v) is 14.2. The topological polar surface area (TPSA) is 95.5 Å². The Balaban J connectivity index is 2.19. The van der Waals surface area contributed by atoms with Gasteiger partial charge >= 0.3 is 10.00 Å². The van der Waals surface area contributed by atoms with Gasteiger partial charge in [0.05, 0.1) is 22.9 Å². The number of alkyl halides is 2. The van der Waals surface area contributed by atoms with Crippen molar-refractivity contribution < 1.29 is 14.6 Å². The summed E-state index contributed by atoms with van der Waals surface area (Å²) in [5.41, 5.74) is 0. The summed E-state index contributed by atoms with van der Waals surface area (Å²) in [5, 5.41) is 21.8. The van der Waals surface area contributed by atoms with Gasteiger partial charge in [0, 0.05) is 22.0 Å². The maximum atomic E-state index is 10.9. The Hall–Kier alpha value is -1.28. The molecule has 0 aromatic carbocycles. The molecule has 2 atom stereocenters. The monoisotopic (exact) mass is 400 g/mol. The molecule has 2 rings (SSSR count). The van der Waals surface area contributed by atoms with Gasteiger partial charge in [0.25, 0.3) is 0 Å². The van der Waals surface area contributed by atoms with Crippen molar-refractivity contribution in [3.05, 3.63) is 66.1 Å². The van der Waals surface area contributed by atoms with Gasteiger partial charge in [-0.3, -0.25) is 20.2 Å². The summed E-state index contributed by atoms with van der Waals surface area (Å²) < 4.78 is 5.46. The second-order valence-corrected chi connectivity index (χ2v) is 7.03. The van der Waals surface area contributed by atoms with Crippen LogP contribution in [0.5, 0.6) is 0 Å². The van der Waals surface area contributed by atoms with Crippen LogP contribution in [0, 0.1) is 20.2 Å². The van der Waals surface area contributed by atoms with Crippen LogP contribution in [0.25, 0.3) is 0 Å². The van der Waals surface area contributed by atoms with E-state index in [2.05, 4.69) is 0 Å². The van der Waals surface area contributed by atoms with E-state index in [0.717, 1.165) is 12.2 Å². The fourth-order valence-corrected chi connectivity index (χ4v) is 3.00. The Bertz CT molecular complexity index is 644. The molecule has 124 valence electrons. The van der Waals surface area contributed by atoms with Crippen LogP contribution in [0.4, 0.5) is 0 Å². The van der Waals surface area contributed by atoms with Gasteiger partial charge in [0.15, 0.2) is 0 Å². The van der Waals surface area contributed by atoms with Crippen molar-refractivity contribution in [1.82, 2.24) is 0 Å². The zero-order chi connectivity index (χ0) is 17.4.